The zero-order chi connectivity index (χ0) is 12.5. The molecule has 0 spiro atoms. The SMILES string of the molecule is Nc1nc(Cl)c(OC(F)F)c(C(F)(F)F)n1. The highest BCUT2D eigenvalue weighted by molar-refractivity contribution is 6.31. The third-order valence-electron chi connectivity index (χ3n) is 1.32. The number of ether oxygens (including phenoxy) is 1. The Bertz CT molecular complexity index is 396. The molecule has 90 valence electrons. The van der Waals surface area contributed by atoms with E-state index in [2.05, 4.69) is 14.7 Å². The zero-order valence-corrected chi connectivity index (χ0v) is 7.98. The minimum Gasteiger partial charge on any atom is -0.429 e. The highest BCUT2D eigenvalue weighted by atomic mass is 35.5. The Labute approximate surface area is 90.2 Å². The molecule has 10 heteroatoms. The second-order valence-corrected chi connectivity index (χ2v) is 2.78. The van der Waals surface area contributed by atoms with Crippen molar-refractivity contribution in [3.8, 4) is 5.75 Å². The summed E-state index contributed by atoms with van der Waals surface area (Å²) in [7, 11) is 0. The maximum Gasteiger partial charge on any atom is 0.437 e. The number of rotatable bonds is 2. The van der Waals surface area contributed by atoms with Gasteiger partial charge in [-0.1, -0.05) is 11.6 Å². The molecular formula is C6H3ClF5N3O. The van der Waals surface area contributed by atoms with E-state index in [-0.39, 0.29) is 0 Å². The molecule has 16 heavy (non-hydrogen) atoms. The van der Waals surface area contributed by atoms with E-state index in [1.807, 2.05) is 0 Å². The van der Waals surface area contributed by atoms with Gasteiger partial charge in [0.15, 0.2) is 16.6 Å². The number of hydrogen-bond acceptors (Lipinski definition) is 4. The van der Waals surface area contributed by atoms with Crippen LogP contribution >= 0.6 is 11.6 Å². The molecule has 0 unspecified atom stereocenters. The molecule has 0 atom stereocenters. The average molecular weight is 264 g/mol. The first-order valence-corrected chi connectivity index (χ1v) is 3.94. The van der Waals surface area contributed by atoms with E-state index in [4.69, 9.17) is 17.3 Å². The number of alkyl halides is 5. The van der Waals surface area contributed by atoms with Gasteiger partial charge in [0.1, 0.15) is 0 Å². The molecule has 4 nitrogen and oxygen atoms in total. The molecule has 0 aromatic carbocycles. The highest BCUT2D eigenvalue weighted by Gasteiger charge is 2.39. The Hall–Kier alpha value is -1.38. The van der Waals surface area contributed by atoms with Crippen LogP contribution in [-0.4, -0.2) is 16.6 Å². The second kappa shape index (κ2) is 4.24. The normalized spacial score (nSPS) is 11.9. The number of hydrogen-bond donors (Lipinski definition) is 1. The number of nitrogen functional groups attached to an aromatic ring is 1. The fourth-order valence-electron chi connectivity index (χ4n) is 0.825. The molecule has 0 amide bonds. The third-order valence-corrected chi connectivity index (χ3v) is 1.57. The molecule has 1 rings (SSSR count). The molecule has 1 heterocycles. The third kappa shape index (κ3) is 2.81. The smallest absolute Gasteiger partial charge is 0.429 e. The molecule has 0 saturated carbocycles. The van der Waals surface area contributed by atoms with E-state index in [1.165, 1.54) is 0 Å². The van der Waals surface area contributed by atoms with Crippen molar-refractivity contribution in [3.05, 3.63) is 10.8 Å². The van der Waals surface area contributed by atoms with Crippen molar-refractivity contribution in [2.75, 3.05) is 5.73 Å². The molecule has 0 radical (unpaired) electrons. The lowest BCUT2D eigenvalue weighted by Crippen LogP contribution is -2.16. The summed E-state index contributed by atoms with van der Waals surface area (Å²) in [5.41, 5.74) is 3.16. The fraction of sp³-hybridized carbons (Fsp3) is 0.333. The number of anilines is 1. The molecule has 1 aromatic heterocycles. The Kier molecular flexibility index (Phi) is 3.36. The minimum absolute atomic E-state index is 0.793. The molecule has 1 aromatic rings. The van der Waals surface area contributed by atoms with Gasteiger partial charge in [-0.15, -0.1) is 0 Å². The Morgan fingerprint density at radius 3 is 2.25 bits per heavy atom. The van der Waals surface area contributed by atoms with Crippen LogP contribution in [0.5, 0.6) is 5.75 Å². The Balaban J connectivity index is 3.33. The number of aromatic nitrogens is 2. The molecule has 0 bridgehead atoms. The Morgan fingerprint density at radius 2 is 1.81 bits per heavy atom. The van der Waals surface area contributed by atoms with E-state index in [1.54, 1.807) is 0 Å². The lowest BCUT2D eigenvalue weighted by Gasteiger charge is -2.13. The van der Waals surface area contributed by atoms with E-state index < -0.39 is 35.3 Å². The second-order valence-electron chi connectivity index (χ2n) is 2.43. The van der Waals surface area contributed by atoms with Gasteiger partial charge in [-0.25, -0.2) is 4.98 Å². The van der Waals surface area contributed by atoms with Gasteiger partial charge in [0, 0.05) is 0 Å². The highest BCUT2D eigenvalue weighted by Crippen LogP contribution is 2.39. The van der Waals surface area contributed by atoms with Crippen molar-refractivity contribution in [2.24, 2.45) is 0 Å². The zero-order valence-electron chi connectivity index (χ0n) is 7.23. The van der Waals surface area contributed by atoms with Crippen LogP contribution in [0.15, 0.2) is 0 Å². The quantitative estimate of drug-likeness (QED) is 0.657. The van der Waals surface area contributed by atoms with Crippen LogP contribution < -0.4 is 10.5 Å². The van der Waals surface area contributed by atoms with Crippen molar-refractivity contribution in [1.82, 2.24) is 9.97 Å². The van der Waals surface area contributed by atoms with Crippen LogP contribution in [-0.2, 0) is 6.18 Å². The first kappa shape index (κ1) is 12.7. The predicted octanol–water partition coefficient (Wildman–Crippen LogP) is 2.33. The molecule has 2 N–H and O–H groups in total. The van der Waals surface area contributed by atoms with Gasteiger partial charge in [0.05, 0.1) is 0 Å². The van der Waals surface area contributed by atoms with Gasteiger partial charge in [-0.2, -0.15) is 26.9 Å². The summed E-state index contributed by atoms with van der Waals surface area (Å²) >= 11 is 5.20. The monoisotopic (exact) mass is 263 g/mol. The van der Waals surface area contributed by atoms with Crippen LogP contribution in [0.25, 0.3) is 0 Å². The fourth-order valence-corrected chi connectivity index (χ4v) is 1.05. The van der Waals surface area contributed by atoms with Crippen molar-refractivity contribution in [1.29, 1.82) is 0 Å². The van der Waals surface area contributed by atoms with Gasteiger partial charge >= 0.3 is 12.8 Å². The maximum atomic E-state index is 12.3. The van der Waals surface area contributed by atoms with Crippen LogP contribution in [0.2, 0.25) is 5.15 Å². The number of nitrogens with two attached hydrogens (primary N) is 1. The molecular weight excluding hydrogens is 261 g/mol. The molecule has 0 saturated heterocycles. The van der Waals surface area contributed by atoms with Crippen LogP contribution in [0.4, 0.5) is 27.9 Å². The van der Waals surface area contributed by atoms with E-state index in [0.29, 0.717) is 0 Å². The lowest BCUT2D eigenvalue weighted by atomic mass is 10.3. The van der Waals surface area contributed by atoms with Gasteiger partial charge in [0.25, 0.3) is 0 Å². The van der Waals surface area contributed by atoms with Crippen LogP contribution in [0.3, 0.4) is 0 Å². The largest absolute Gasteiger partial charge is 0.437 e. The predicted molar refractivity (Wildman–Crippen MR) is 43.1 cm³/mol. The van der Waals surface area contributed by atoms with Gasteiger partial charge < -0.3 is 10.5 Å². The minimum atomic E-state index is -5.02. The first-order chi connectivity index (χ1) is 7.21. The molecule has 0 fully saturated rings. The summed E-state index contributed by atoms with van der Waals surface area (Å²) in [6.45, 7) is -3.48. The summed E-state index contributed by atoms with van der Waals surface area (Å²) in [5, 5.41) is -0.930. The summed E-state index contributed by atoms with van der Waals surface area (Å²) < 4.78 is 64.2. The average Bonchev–Trinajstić information content (AvgIpc) is 2.06. The van der Waals surface area contributed by atoms with E-state index >= 15 is 0 Å². The molecule has 0 aliphatic heterocycles. The van der Waals surface area contributed by atoms with Crippen molar-refractivity contribution >= 4 is 17.5 Å². The molecule has 0 aliphatic rings. The van der Waals surface area contributed by atoms with Crippen molar-refractivity contribution < 1.29 is 26.7 Å². The standard InChI is InChI=1S/C6H3ClF5N3O/c7-3-1(16-4(8)9)2(6(10,11)12)14-5(13)15-3/h4H,(H2,13,14,15). The Morgan fingerprint density at radius 1 is 1.25 bits per heavy atom. The van der Waals surface area contributed by atoms with Gasteiger partial charge in [0.2, 0.25) is 5.95 Å². The summed E-state index contributed by atoms with van der Waals surface area (Å²) in [5.74, 6) is -2.14. The topological polar surface area (TPSA) is 61.0 Å². The van der Waals surface area contributed by atoms with Crippen LogP contribution in [0.1, 0.15) is 5.69 Å². The van der Waals surface area contributed by atoms with Crippen molar-refractivity contribution in [3.63, 3.8) is 0 Å². The van der Waals surface area contributed by atoms with Crippen molar-refractivity contribution in [2.45, 2.75) is 12.8 Å². The summed E-state index contributed by atoms with van der Waals surface area (Å²) in [4.78, 5) is 5.83. The van der Waals surface area contributed by atoms with Crippen LogP contribution in [0, 0.1) is 0 Å². The molecule has 0 aliphatic carbocycles. The summed E-state index contributed by atoms with van der Waals surface area (Å²) in [6, 6.07) is 0. The lowest BCUT2D eigenvalue weighted by molar-refractivity contribution is -0.145. The van der Waals surface area contributed by atoms with Gasteiger partial charge in [-0.3, -0.25) is 0 Å². The number of nitrogens with zero attached hydrogens (tertiary/aromatic N) is 2. The number of halogens is 6. The van der Waals surface area contributed by atoms with Gasteiger partial charge in [-0.05, 0) is 0 Å². The summed E-state index contributed by atoms with van der Waals surface area (Å²) in [6.07, 6.45) is -5.02. The maximum absolute atomic E-state index is 12.3. The first-order valence-electron chi connectivity index (χ1n) is 3.57. The van der Waals surface area contributed by atoms with E-state index in [0.717, 1.165) is 0 Å². The van der Waals surface area contributed by atoms with E-state index in [9.17, 15) is 22.0 Å².